The van der Waals surface area contributed by atoms with Gasteiger partial charge >= 0.3 is 0 Å². The molecule has 2 rings (SSSR count). The Labute approximate surface area is 128 Å². The summed E-state index contributed by atoms with van der Waals surface area (Å²) in [6.07, 6.45) is 6.79. The van der Waals surface area contributed by atoms with Gasteiger partial charge in [-0.05, 0) is 56.0 Å². The number of halogens is 1. The third-order valence-corrected chi connectivity index (χ3v) is 4.63. The van der Waals surface area contributed by atoms with Gasteiger partial charge in [-0.2, -0.15) is 0 Å². The Bertz CT molecular complexity index is 434. The van der Waals surface area contributed by atoms with Gasteiger partial charge in [0.1, 0.15) is 5.82 Å². The summed E-state index contributed by atoms with van der Waals surface area (Å²) in [4.78, 5) is 0. The molecular formula is C18H28FNO. The molecule has 1 aromatic rings. The molecule has 3 heteroatoms. The van der Waals surface area contributed by atoms with E-state index in [0.717, 1.165) is 36.9 Å². The van der Waals surface area contributed by atoms with Crippen molar-refractivity contribution < 1.29 is 9.13 Å². The van der Waals surface area contributed by atoms with Crippen molar-refractivity contribution in [3.8, 4) is 0 Å². The number of hydrogen-bond acceptors (Lipinski definition) is 2. The molecule has 0 aromatic heterocycles. The molecule has 118 valence electrons. The molecule has 1 aliphatic carbocycles. The van der Waals surface area contributed by atoms with Crippen LogP contribution in [0.2, 0.25) is 0 Å². The molecule has 0 radical (unpaired) electrons. The van der Waals surface area contributed by atoms with Gasteiger partial charge in [0.2, 0.25) is 0 Å². The second-order valence-corrected chi connectivity index (χ2v) is 6.28. The number of nitrogens with one attached hydrogen (secondary N) is 1. The van der Waals surface area contributed by atoms with Crippen LogP contribution in [0.15, 0.2) is 18.2 Å². The fourth-order valence-corrected chi connectivity index (χ4v) is 3.59. The minimum absolute atomic E-state index is 0.0668. The Morgan fingerprint density at radius 1 is 1.24 bits per heavy atom. The topological polar surface area (TPSA) is 21.3 Å². The number of rotatable bonds is 6. The predicted molar refractivity (Wildman–Crippen MR) is 85.0 cm³/mol. The molecule has 2 nitrogen and oxygen atoms in total. The zero-order valence-corrected chi connectivity index (χ0v) is 13.5. The summed E-state index contributed by atoms with van der Waals surface area (Å²) < 4.78 is 19.8. The second-order valence-electron chi connectivity index (χ2n) is 6.28. The third-order valence-electron chi connectivity index (χ3n) is 4.63. The summed E-state index contributed by atoms with van der Waals surface area (Å²) in [7, 11) is 1.80. The van der Waals surface area contributed by atoms with Crippen LogP contribution in [0, 0.1) is 12.7 Å². The van der Waals surface area contributed by atoms with Crippen molar-refractivity contribution in [3.05, 3.63) is 35.1 Å². The van der Waals surface area contributed by atoms with Crippen LogP contribution in [0.4, 0.5) is 4.39 Å². The van der Waals surface area contributed by atoms with Crippen LogP contribution in [0.25, 0.3) is 0 Å². The minimum Gasteiger partial charge on any atom is -0.376 e. The van der Waals surface area contributed by atoms with Crippen LogP contribution >= 0.6 is 0 Å². The molecule has 1 N–H and O–H groups in total. The monoisotopic (exact) mass is 293 g/mol. The Morgan fingerprint density at radius 3 is 2.52 bits per heavy atom. The summed E-state index contributed by atoms with van der Waals surface area (Å²) in [6.45, 7) is 5.02. The lowest BCUT2D eigenvalue weighted by molar-refractivity contribution is -0.0687. The van der Waals surface area contributed by atoms with Crippen molar-refractivity contribution in [1.82, 2.24) is 5.32 Å². The number of ether oxygens (including phenoxy) is 1. The average Bonchev–Trinajstić information content (AvgIpc) is 2.47. The van der Waals surface area contributed by atoms with Gasteiger partial charge in [0.15, 0.2) is 0 Å². The highest BCUT2D eigenvalue weighted by Crippen LogP contribution is 2.41. The van der Waals surface area contributed by atoms with Gasteiger partial charge in [0.05, 0.1) is 11.6 Å². The van der Waals surface area contributed by atoms with E-state index in [1.165, 1.54) is 19.3 Å². The van der Waals surface area contributed by atoms with Crippen molar-refractivity contribution in [1.29, 1.82) is 0 Å². The van der Waals surface area contributed by atoms with E-state index in [1.807, 2.05) is 6.92 Å². The fraction of sp³-hybridized carbons (Fsp3) is 0.667. The van der Waals surface area contributed by atoms with Crippen LogP contribution in [-0.4, -0.2) is 19.3 Å². The Balaban J connectivity index is 2.35. The molecule has 0 bridgehead atoms. The molecule has 1 unspecified atom stereocenters. The van der Waals surface area contributed by atoms with Gasteiger partial charge in [-0.3, -0.25) is 0 Å². The maximum Gasteiger partial charge on any atom is 0.123 e. The zero-order chi connectivity index (χ0) is 15.3. The first-order valence-corrected chi connectivity index (χ1v) is 8.17. The molecule has 1 fully saturated rings. The van der Waals surface area contributed by atoms with Gasteiger partial charge in [-0.25, -0.2) is 4.39 Å². The van der Waals surface area contributed by atoms with Gasteiger partial charge in [-0.1, -0.05) is 32.3 Å². The Morgan fingerprint density at radius 2 is 1.95 bits per heavy atom. The van der Waals surface area contributed by atoms with E-state index in [9.17, 15) is 4.39 Å². The molecule has 0 saturated heterocycles. The predicted octanol–water partition coefficient (Wildman–Crippen LogP) is 4.52. The van der Waals surface area contributed by atoms with Crippen LogP contribution < -0.4 is 5.32 Å². The van der Waals surface area contributed by atoms with E-state index < -0.39 is 0 Å². The quantitative estimate of drug-likeness (QED) is 0.832. The molecule has 0 aliphatic heterocycles. The Kier molecular flexibility index (Phi) is 5.77. The molecular weight excluding hydrogens is 265 g/mol. The van der Waals surface area contributed by atoms with Crippen LogP contribution in [0.3, 0.4) is 0 Å². The van der Waals surface area contributed by atoms with E-state index in [2.05, 4.69) is 18.3 Å². The summed E-state index contributed by atoms with van der Waals surface area (Å²) in [5, 5.41) is 3.61. The summed E-state index contributed by atoms with van der Waals surface area (Å²) in [5.74, 6) is -0.157. The van der Waals surface area contributed by atoms with E-state index in [1.54, 1.807) is 19.2 Å². The molecule has 1 aliphatic rings. The van der Waals surface area contributed by atoms with Crippen molar-refractivity contribution in [2.45, 2.75) is 64.0 Å². The number of methoxy groups -OCH3 is 1. The highest BCUT2D eigenvalue weighted by atomic mass is 19.1. The molecule has 21 heavy (non-hydrogen) atoms. The smallest absolute Gasteiger partial charge is 0.123 e. The summed E-state index contributed by atoms with van der Waals surface area (Å²) >= 11 is 0. The number of hydrogen-bond donors (Lipinski definition) is 1. The van der Waals surface area contributed by atoms with E-state index in [0.29, 0.717) is 0 Å². The maximum absolute atomic E-state index is 13.8. The van der Waals surface area contributed by atoms with Crippen molar-refractivity contribution >= 4 is 0 Å². The van der Waals surface area contributed by atoms with Gasteiger partial charge in [0, 0.05) is 7.11 Å². The zero-order valence-electron chi connectivity index (χ0n) is 13.5. The van der Waals surface area contributed by atoms with Crippen LogP contribution in [0.5, 0.6) is 0 Å². The highest BCUT2D eigenvalue weighted by Gasteiger charge is 2.40. The van der Waals surface area contributed by atoms with Crippen molar-refractivity contribution in [2.24, 2.45) is 0 Å². The van der Waals surface area contributed by atoms with Gasteiger partial charge < -0.3 is 10.1 Å². The normalized spacial score (nSPS) is 19.4. The third kappa shape index (κ3) is 3.83. The lowest BCUT2D eigenvalue weighted by atomic mass is 9.76. The molecule has 1 saturated carbocycles. The lowest BCUT2D eigenvalue weighted by Crippen LogP contribution is -2.47. The Hall–Kier alpha value is -0.930. The average molecular weight is 293 g/mol. The molecule has 1 aromatic carbocycles. The molecule has 1 atom stereocenters. The van der Waals surface area contributed by atoms with Gasteiger partial charge in [-0.15, -0.1) is 0 Å². The first-order chi connectivity index (χ1) is 10.1. The van der Waals surface area contributed by atoms with E-state index in [-0.39, 0.29) is 17.5 Å². The van der Waals surface area contributed by atoms with E-state index in [4.69, 9.17) is 4.74 Å². The lowest BCUT2D eigenvalue weighted by Gasteiger charge is -2.43. The fourth-order valence-electron chi connectivity index (χ4n) is 3.59. The SMILES string of the molecule is CCCNC(c1cc(C)cc(F)c1)C1(OC)CCCCC1. The standard InChI is InChI=1S/C18H28FNO/c1-4-10-20-17(15-11-14(2)12-16(19)13-15)18(21-3)8-6-5-7-9-18/h11-13,17,20H,4-10H2,1-3H3. The second kappa shape index (κ2) is 7.37. The van der Waals surface area contributed by atoms with E-state index >= 15 is 0 Å². The minimum atomic E-state index is -0.201. The molecule has 0 heterocycles. The number of aryl methyl sites for hydroxylation is 1. The highest BCUT2D eigenvalue weighted by molar-refractivity contribution is 5.29. The molecule has 0 amide bonds. The number of benzene rings is 1. The van der Waals surface area contributed by atoms with Gasteiger partial charge in [0.25, 0.3) is 0 Å². The summed E-state index contributed by atoms with van der Waals surface area (Å²) in [5.41, 5.74) is 1.79. The van der Waals surface area contributed by atoms with Crippen molar-refractivity contribution in [2.75, 3.05) is 13.7 Å². The first kappa shape index (κ1) is 16.4. The van der Waals surface area contributed by atoms with Crippen molar-refractivity contribution in [3.63, 3.8) is 0 Å². The molecule has 0 spiro atoms. The summed E-state index contributed by atoms with van der Waals surface area (Å²) in [6, 6.07) is 5.40. The maximum atomic E-state index is 13.8. The van der Waals surface area contributed by atoms with Crippen LogP contribution in [0.1, 0.15) is 62.6 Å². The van der Waals surface area contributed by atoms with Crippen LogP contribution in [-0.2, 0) is 4.74 Å². The first-order valence-electron chi connectivity index (χ1n) is 8.17. The largest absolute Gasteiger partial charge is 0.376 e.